The van der Waals surface area contributed by atoms with Crippen LogP contribution in [0.3, 0.4) is 0 Å². The van der Waals surface area contributed by atoms with E-state index in [9.17, 15) is 9.59 Å². The summed E-state index contributed by atoms with van der Waals surface area (Å²) in [4.78, 5) is 23.4. The number of nitrogens with zero attached hydrogens (tertiary/aromatic N) is 1. The Kier molecular flexibility index (Phi) is 2.68. The highest BCUT2D eigenvalue weighted by atomic mass is 16.5. The minimum atomic E-state index is -0.369. The molecule has 1 aliphatic carbocycles. The van der Waals surface area contributed by atoms with Crippen molar-refractivity contribution in [2.24, 2.45) is 5.92 Å². The molecule has 0 unspecified atom stereocenters. The predicted molar refractivity (Wildman–Crippen MR) is 42.4 cm³/mol. The lowest BCUT2D eigenvalue weighted by atomic mass is 10.3. The first-order valence-corrected chi connectivity index (χ1v) is 3.97. The third-order valence-corrected chi connectivity index (χ3v) is 1.90. The summed E-state index contributed by atoms with van der Waals surface area (Å²) in [6, 6.07) is 0. The molecule has 0 heterocycles. The molecule has 0 atom stereocenters. The smallest absolute Gasteiger partial charge is 0.325 e. The fourth-order valence-corrected chi connectivity index (χ4v) is 0.978. The molecule has 12 heavy (non-hydrogen) atoms. The second kappa shape index (κ2) is 3.56. The van der Waals surface area contributed by atoms with Gasteiger partial charge in [-0.1, -0.05) is 0 Å². The number of esters is 1. The molecule has 0 bridgehead atoms. The molecule has 1 aliphatic rings. The molecule has 0 saturated heterocycles. The molecule has 68 valence electrons. The maximum atomic E-state index is 11.3. The zero-order chi connectivity index (χ0) is 9.14. The molecular weight excluding hydrogens is 158 g/mol. The number of likely N-dealkylation sites (N-methyl/N-ethyl adjacent to an activating group) is 1. The van der Waals surface area contributed by atoms with E-state index < -0.39 is 0 Å². The van der Waals surface area contributed by atoms with Crippen molar-refractivity contribution in [3.05, 3.63) is 0 Å². The van der Waals surface area contributed by atoms with Crippen molar-refractivity contribution in [3.8, 4) is 0 Å². The average molecular weight is 171 g/mol. The quantitative estimate of drug-likeness (QED) is 0.563. The summed E-state index contributed by atoms with van der Waals surface area (Å²) in [7, 11) is 2.94. The van der Waals surface area contributed by atoms with Gasteiger partial charge in [-0.3, -0.25) is 9.59 Å². The number of hydrogen-bond acceptors (Lipinski definition) is 3. The first-order chi connectivity index (χ1) is 5.65. The molecule has 0 N–H and O–H groups in total. The molecule has 1 amide bonds. The summed E-state index contributed by atoms with van der Waals surface area (Å²) in [5.74, 6) is -0.147. The van der Waals surface area contributed by atoms with Crippen LogP contribution in [-0.4, -0.2) is 37.5 Å². The molecule has 1 fully saturated rings. The van der Waals surface area contributed by atoms with Gasteiger partial charge >= 0.3 is 5.97 Å². The van der Waals surface area contributed by atoms with Gasteiger partial charge in [0.1, 0.15) is 6.54 Å². The van der Waals surface area contributed by atoms with E-state index >= 15 is 0 Å². The summed E-state index contributed by atoms with van der Waals surface area (Å²) >= 11 is 0. The molecule has 0 aliphatic heterocycles. The van der Waals surface area contributed by atoms with Crippen LogP contribution in [0.1, 0.15) is 12.8 Å². The second-order valence-corrected chi connectivity index (χ2v) is 3.04. The molecule has 1 saturated carbocycles. The van der Waals surface area contributed by atoms with Gasteiger partial charge in [-0.15, -0.1) is 0 Å². The molecule has 4 heteroatoms. The Labute approximate surface area is 71.5 Å². The highest BCUT2D eigenvalue weighted by Gasteiger charge is 2.32. The van der Waals surface area contributed by atoms with E-state index in [4.69, 9.17) is 0 Å². The number of carbonyl (C=O) groups excluding carboxylic acids is 2. The third-order valence-electron chi connectivity index (χ3n) is 1.90. The van der Waals surface area contributed by atoms with E-state index in [2.05, 4.69) is 4.74 Å². The van der Waals surface area contributed by atoms with E-state index in [1.165, 1.54) is 12.0 Å². The van der Waals surface area contributed by atoms with E-state index in [1.807, 2.05) is 0 Å². The van der Waals surface area contributed by atoms with Crippen molar-refractivity contribution < 1.29 is 14.3 Å². The summed E-state index contributed by atoms with van der Waals surface area (Å²) < 4.78 is 4.44. The number of methoxy groups -OCH3 is 1. The summed E-state index contributed by atoms with van der Waals surface area (Å²) in [5.41, 5.74) is 0. The molecule has 0 aromatic heterocycles. The van der Waals surface area contributed by atoms with Gasteiger partial charge in [0.25, 0.3) is 0 Å². The number of amides is 1. The maximum absolute atomic E-state index is 11.3. The Bertz CT molecular complexity index is 198. The lowest BCUT2D eigenvalue weighted by molar-refractivity contribution is -0.146. The first kappa shape index (κ1) is 9.03. The Morgan fingerprint density at radius 1 is 1.50 bits per heavy atom. The standard InChI is InChI=1S/C8H13NO3/c1-9(5-7(10)12-2)8(11)6-3-4-6/h6H,3-5H2,1-2H3. The second-order valence-electron chi connectivity index (χ2n) is 3.04. The topological polar surface area (TPSA) is 46.6 Å². The predicted octanol–water partition coefficient (Wildman–Crippen LogP) is 0.0278. The fourth-order valence-electron chi connectivity index (χ4n) is 0.978. The van der Waals surface area contributed by atoms with Crippen LogP contribution in [-0.2, 0) is 14.3 Å². The Hall–Kier alpha value is -1.06. The molecule has 0 aromatic rings. The Morgan fingerprint density at radius 2 is 2.08 bits per heavy atom. The van der Waals surface area contributed by atoms with Crippen molar-refractivity contribution in [1.29, 1.82) is 0 Å². The van der Waals surface area contributed by atoms with Gasteiger partial charge in [0.15, 0.2) is 0 Å². The molecule has 1 rings (SSSR count). The van der Waals surface area contributed by atoms with Crippen LogP contribution in [0.5, 0.6) is 0 Å². The first-order valence-electron chi connectivity index (χ1n) is 3.97. The Balaban J connectivity index is 2.31. The van der Waals surface area contributed by atoms with Gasteiger partial charge in [0.2, 0.25) is 5.91 Å². The van der Waals surface area contributed by atoms with Crippen molar-refractivity contribution >= 4 is 11.9 Å². The summed E-state index contributed by atoms with van der Waals surface area (Å²) in [5, 5.41) is 0. The van der Waals surface area contributed by atoms with Crippen LogP contribution < -0.4 is 0 Å². The van der Waals surface area contributed by atoms with E-state index in [0.717, 1.165) is 12.8 Å². The number of ether oxygens (including phenoxy) is 1. The van der Waals surface area contributed by atoms with Crippen molar-refractivity contribution in [3.63, 3.8) is 0 Å². The molecule has 0 radical (unpaired) electrons. The van der Waals surface area contributed by atoms with E-state index in [0.29, 0.717) is 0 Å². The fraction of sp³-hybridized carbons (Fsp3) is 0.750. The molecule has 0 aromatic carbocycles. The third kappa shape index (κ3) is 2.22. The van der Waals surface area contributed by atoms with Crippen LogP contribution >= 0.6 is 0 Å². The van der Waals surface area contributed by atoms with Crippen molar-refractivity contribution in [2.45, 2.75) is 12.8 Å². The van der Waals surface area contributed by atoms with Crippen LogP contribution in [0.15, 0.2) is 0 Å². The minimum Gasteiger partial charge on any atom is -0.468 e. The van der Waals surface area contributed by atoms with Crippen LogP contribution in [0.2, 0.25) is 0 Å². The summed E-state index contributed by atoms with van der Waals surface area (Å²) in [6.45, 7) is 0.0613. The largest absolute Gasteiger partial charge is 0.468 e. The normalized spacial score (nSPS) is 15.5. The zero-order valence-corrected chi connectivity index (χ0v) is 7.37. The van der Waals surface area contributed by atoms with E-state index in [1.54, 1.807) is 7.05 Å². The average Bonchev–Trinajstić information content (AvgIpc) is 2.85. The maximum Gasteiger partial charge on any atom is 0.325 e. The zero-order valence-electron chi connectivity index (χ0n) is 7.37. The highest BCUT2D eigenvalue weighted by molar-refractivity contribution is 5.84. The van der Waals surface area contributed by atoms with Gasteiger partial charge in [0.05, 0.1) is 7.11 Å². The van der Waals surface area contributed by atoms with Crippen molar-refractivity contribution in [2.75, 3.05) is 20.7 Å². The number of carbonyl (C=O) groups is 2. The lowest BCUT2D eigenvalue weighted by Gasteiger charge is -2.14. The summed E-state index contributed by atoms with van der Waals surface area (Å²) in [6.07, 6.45) is 1.93. The Morgan fingerprint density at radius 3 is 2.50 bits per heavy atom. The number of hydrogen-bond donors (Lipinski definition) is 0. The van der Waals surface area contributed by atoms with Gasteiger partial charge in [0, 0.05) is 13.0 Å². The van der Waals surface area contributed by atoms with Gasteiger partial charge < -0.3 is 9.64 Å². The number of rotatable bonds is 3. The minimum absolute atomic E-state index is 0.0559. The van der Waals surface area contributed by atoms with Crippen LogP contribution in [0, 0.1) is 5.92 Å². The van der Waals surface area contributed by atoms with Crippen LogP contribution in [0.4, 0.5) is 0 Å². The van der Waals surface area contributed by atoms with Gasteiger partial charge in [-0.2, -0.15) is 0 Å². The van der Waals surface area contributed by atoms with Crippen molar-refractivity contribution in [1.82, 2.24) is 4.90 Å². The van der Waals surface area contributed by atoms with E-state index in [-0.39, 0.29) is 24.3 Å². The highest BCUT2D eigenvalue weighted by Crippen LogP contribution is 2.30. The van der Waals surface area contributed by atoms with Crippen LogP contribution in [0.25, 0.3) is 0 Å². The molecule has 0 spiro atoms. The SMILES string of the molecule is COC(=O)CN(C)C(=O)C1CC1. The monoisotopic (exact) mass is 171 g/mol. The molecular formula is C8H13NO3. The lowest BCUT2D eigenvalue weighted by Crippen LogP contribution is -2.33. The molecule has 4 nitrogen and oxygen atoms in total. The van der Waals surface area contributed by atoms with Gasteiger partial charge in [-0.05, 0) is 12.8 Å². The van der Waals surface area contributed by atoms with Gasteiger partial charge in [-0.25, -0.2) is 0 Å².